The first-order valence-corrected chi connectivity index (χ1v) is 9.29. The van der Waals surface area contributed by atoms with E-state index in [1.165, 1.54) is 19.3 Å². The van der Waals surface area contributed by atoms with Crippen LogP contribution >= 0.6 is 0 Å². The second-order valence-electron chi connectivity index (χ2n) is 8.90. The van der Waals surface area contributed by atoms with Gasteiger partial charge in [0.2, 0.25) is 0 Å². The fraction of sp³-hybridized carbons (Fsp3) is 0.950. The Labute approximate surface area is 137 Å². The third-order valence-electron chi connectivity index (χ3n) is 7.22. The van der Waals surface area contributed by atoms with Gasteiger partial charge in [0.05, 0.1) is 5.60 Å². The van der Waals surface area contributed by atoms with Crippen LogP contribution < -0.4 is 0 Å². The Morgan fingerprint density at radius 1 is 1.32 bits per heavy atom. The summed E-state index contributed by atoms with van der Waals surface area (Å²) in [5.41, 5.74) is 0.261. The molecule has 0 radical (unpaired) electrons. The van der Waals surface area contributed by atoms with Crippen molar-refractivity contribution in [1.29, 1.82) is 0 Å². The molecular formula is C20H36O2. The molecule has 2 saturated carbocycles. The molecular weight excluding hydrogens is 272 g/mol. The zero-order valence-corrected chi connectivity index (χ0v) is 15.6. The van der Waals surface area contributed by atoms with Gasteiger partial charge in [0, 0.05) is 19.4 Å². The molecule has 0 aromatic heterocycles. The molecule has 2 unspecified atom stereocenters. The summed E-state index contributed by atoms with van der Waals surface area (Å²) in [6, 6.07) is 0. The third-order valence-corrected chi connectivity index (χ3v) is 7.22. The molecule has 2 nitrogen and oxygen atoms in total. The molecule has 2 rings (SSSR count). The van der Waals surface area contributed by atoms with Crippen LogP contribution in [0.5, 0.6) is 0 Å². The molecule has 22 heavy (non-hydrogen) atoms. The normalized spacial score (nSPS) is 35.3. The van der Waals surface area contributed by atoms with Crippen molar-refractivity contribution in [2.45, 2.75) is 85.2 Å². The first-order chi connectivity index (χ1) is 10.2. The van der Waals surface area contributed by atoms with Crippen LogP contribution in [0, 0.1) is 29.1 Å². The Morgan fingerprint density at radius 3 is 2.64 bits per heavy atom. The fourth-order valence-corrected chi connectivity index (χ4v) is 5.17. The van der Waals surface area contributed by atoms with Crippen molar-refractivity contribution in [3.05, 3.63) is 0 Å². The van der Waals surface area contributed by atoms with Gasteiger partial charge in [0.15, 0.2) is 0 Å². The molecule has 0 heterocycles. The van der Waals surface area contributed by atoms with Crippen molar-refractivity contribution in [2.24, 2.45) is 29.1 Å². The zero-order valence-electron chi connectivity index (χ0n) is 15.6. The van der Waals surface area contributed by atoms with Crippen LogP contribution in [-0.4, -0.2) is 18.5 Å². The van der Waals surface area contributed by atoms with E-state index < -0.39 is 0 Å². The van der Waals surface area contributed by atoms with Crippen molar-refractivity contribution in [3.63, 3.8) is 0 Å². The molecule has 0 bridgehead atoms. The highest BCUT2D eigenvalue weighted by Gasteiger charge is 2.52. The Hall–Kier alpha value is -0.370. The summed E-state index contributed by atoms with van der Waals surface area (Å²) in [7, 11) is 1.81. The zero-order chi connectivity index (χ0) is 16.5. The molecule has 0 saturated heterocycles. The quantitative estimate of drug-likeness (QED) is 0.670. The van der Waals surface area contributed by atoms with E-state index in [9.17, 15) is 4.79 Å². The van der Waals surface area contributed by atoms with Gasteiger partial charge in [-0.05, 0) is 75.5 Å². The lowest BCUT2D eigenvalue weighted by Gasteiger charge is -2.44. The number of carbonyl (C=O) groups excluding carboxylic acids is 1. The molecule has 5 atom stereocenters. The summed E-state index contributed by atoms with van der Waals surface area (Å²) in [5.74, 6) is 3.04. The molecule has 2 aliphatic carbocycles. The first kappa shape index (κ1) is 18.0. The second kappa shape index (κ2) is 6.63. The van der Waals surface area contributed by atoms with Crippen LogP contribution in [0.15, 0.2) is 0 Å². The SMILES string of the molecule is COC(C)(C)CC[C@@H](C)[C@H](C)C1CCC2C(=O)CCC[C@@]21C. The predicted molar refractivity (Wildman–Crippen MR) is 91.8 cm³/mol. The van der Waals surface area contributed by atoms with E-state index in [1.54, 1.807) is 0 Å². The molecule has 2 aliphatic rings. The van der Waals surface area contributed by atoms with Gasteiger partial charge in [-0.25, -0.2) is 0 Å². The highest BCUT2D eigenvalue weighted by molar-refractivity contribution is 5.83. The minimum Gasteiger partial charge on any atom is -0.379 e. The Kier molecular flexibility index (Phi) is 5.42. The first-order valence-electron chi connectivity index (χ1n) is 9.29. The minimum absolute atomic E-state index is 0.0170. The molecule has 0 amide bonds. The summed E-state index contributed by atoms with van der Waals surface area (Å²) in [6.07, 6.45) is 7.93. The Morgan fingerprint density at radius 2 is 2.00 bits per heavy atom. The van der Waals surface area contributed by atoms with Crippen molar-refractivity contribution < 1.29 is 9.53 Å². The Balaban J connectivity index is 2.00. The maximum atomic E-state index is 12.3. The second-order valence-corrected chi connectivity index (χ2v) is 8.90. The van der Waals surface area contributed by atoms with Crippen LogP contribution in [0.25, 0.3) is 0 Å². The van der Waals surface area contributed by atoms with E-state index in [4.69, 9.17) is 4.74 Å². The molecule has 2 heteroatoms. The number of Topliss-reactive ketones (excluding diaryl/α,β-unsaturated/α-hetero) is 1. The Bertz CT molecular complexity index is 401. The summed E-state index contributed by atoms with van der Waals surface area (Å²) in [5, 5.41) is 0. The number of hydrogen-bond acceptors (Lipinski definition) is 2. The third kappa shape index (κ3) is 3.42. The molecule has 0 spiro atoms. The highest BCUT2D eigenvalue weighted by atomic mass is 16.5. The van der Waals surface area contributed by atoms with Gasteiger partial charge in [0.1, 0.15) is 5.78 Å². The molecule has 0 aromatic rings. The lowest BCUT2D eigenvalue weighted by atomic mass is 9.60. The van der Waals surface area contributed by atoms with E-state index in [0.717, 1.165) is 31.6 Å². The maximum Gasteiger partial charge on any atom is 0.136 e. The van der Waals surface area contributed by atoms with Gasteiger partial charge in [-0.3, -0.25) is 4.79 Å². The summed E-state index contributed by atoms with van der Waals surface area (Å²) < 4.78 is 5.57. The summed E-state index contributed by atoms with van der Waals surface area (Å²) >= 11 is 0. The predicted octanol–water partition coefficient (Wildman–Crippen LogP) is 5.25. The van der Waals surface area contributed by atoms with Crippen LogP contribution in [0.3, 0.4) is 0 Å². The van der Waals surface area contributed by atoms with Crippen molar-refractivity contribution in [3.8, 4) is 0 Å². The minimum atomic E-state index is -0.0170. The van der Waals surface area contributed by atoms with E-state index >= 15 is 0 Å². The topological polar surface area (TPSA) is 26.3 Å². The van der Waals surface area contributed by atoms with E-state index in [0.29, 0.717) is 23.5 Å². The van der Waals surface area contributed by atoms with Gasteiger partial charge in [-0.15, -0.1) is 0 Å². The van der Waals surface area contributed by atoms with Crippen molar-refractivity contribution in [2.75, 3.05) is 7.11 Å². The highest BCUT2D eigenvalue weighted by Crippen LogP contribution is 2.57. The van der Waals surface area contributed by atoms with Crippen molar-refractivity contribution in [1.82, 2.24) is 0 Å². The standard InChI is InChI=1S/C20H36O2/c1-14(11-13-19(3,4)22-6)15(2)16-9-10-17-18(21)8-7-12-20(16,17)5/h14-17H,7-13H2,1-6H3/t14-,15+,16?,17?,20-/m1/s1. The maximum absolute atomic E-state index is 12.3. The average molecular weight is 309 g/mol. The smallest absolute Gasteiger partial charge is 0.136 e. The number of methoxy groups -OCH3 is 1. The summed E-state index contributed by atoms with van der Waals surface area (Å²) in [6.45, 7) is 11.6. The van der Waals surface area contributed by atoms with E-state index in [1.807, 2.05) is 7.11 Å². The van der Waals surface area contributed by atoms with Gasteiger partial charge < -0.3 is 4.74 Å². The van der Waals surface area contributed by atoms with Crippen LogP contribution in [-0.2, 0) is 9.53 Å². The number of rotatable bonds is 6. The lowest BCUT2D eigenvalue weighted by molar-refractivity contribution is -0.130. The van der Waals surface area contributed by atoms with Gasteiger partial charge in [0.25, 0.3) is 0 Å². The number of ketones is 1. The van der Waals surface area contributed by atoms with E-state index in [-0.39, 0.29) is 11.0 Å². The van der Waals surface area contributed by atoms with Gasteiger partial charge >= 0.3 is 0 Å². The van der Waals surface area contributed by atoms with Gasteiger partial charge in [-0.1, -0.05) is 20.8 Å². The molecule has 0 aromatic carbocycles. The van der Waals surface area contributed by atoms with Crippen LogP contribution in [0.2, 0.25) is 0 Å². The number of ether oxygens (including phenoxy) is 1. The van der Waals surface area contributed by atoms with Crippen LogP contribution in [0.1, 0.15) is 79.6 Å². The van der Waals surface area contributed by atoms with Gasteiger partial charge in [-0.2, -0.15) is 0 Å². The number of fused-ring (bicyclic) bond motifs is 1. The van der Waals surface area contributed by atoms with Crippen molar-refractivity contribution >= 4 is 5.78 Å². The van der Waals surface area contributed by atoms with E-state index in [2.05, 4.69) is 34.6 Å². The largest absolute Gasteiger partial charge is 0.379 e. The monoisotopic (exact) mass is 308 g/mol. The number of hydrogen-bond donors (Lipinski definition) is 0. The number of carbonyl (C=O) groups is 1. The molecule has 0 aliphatic heterocycles. The average Bonchev–Trinajstić information content (AvgIpc) is 2.82. The summed E-state index contributed by atoms with van der Waals surface area (Å²) in [4.78, 5) is 12.3. The lowest BCUT2D eigenvalue weighted by Crippen LogP contribution is -2.40. The van der Waals surface area contributed by atoms with Crippen LogP contribution in [0.4, 0.5) is 0 Å². The molecule has 0 N–H and O–H groups in total. The molecule has 128 valence electrons. The molecule has 2 fully saturated rings. The fourth-order valence-electron chi connectivity index (χ4n) is 5.17.